The maximum atomic E-state index is 13.6. The van der Waals surface area contributed by atoms with Crippen LogP contribution < -0.4 is 9.80 Å². The number of aromatic nitrogens is 3. The topological polar surface area (TPSA) is 91.7 Å². The van der Waals surface area contributed by atoms with Crippen molar-refractivity contribution in [1.82, 2.24) is 15.0 Å². The van der Waals surface area contributed by atoms with Gasteiger partial charge in [-0.15, -0.1) is 0 Å². The zero-order valence-electron chi connectivity index (χ0n) is 28.4. The lowest BCUT2D eigenvalue weighted by Crippen LogP contribution is -2.39. The Morgan fingerprint density at radius 3 is 2.26 bits per heavy atom. The third kappa shape index (κ3) is 7.69. The fraction of sp³-hybridized carbons (Fsp3) is 0.543. The number of anilines is 2. The molecule has 0 aliphatic carbocycles. The molecule has 2 aromatic heterocycles. The van der Waals surface area contributed by atoms with Crippen molar-refractivity contribution in [3.8, 4) is 11.1 Å². The number of alkyl halides is 3. The number of aryl methyl sites for hydroxylation is 2. The van der Waals surface area contributed by atoms with E-state index in [1.165, 1.54) is 0 Å². The average Bonchev–Trinajstić information content (AvgIpc) is 2.98. The number of halogens is 3. The molecule has 0 saturated carbocycles. The highest BCUT2D eigenvalue weighted by Gasteiger charge is 2.37. The van der Waals surface area contributed by atoms with Crippen LogP contribution >= 0.6 is 11.8 Å². The molecule has 8 nitrogen and oxygen atoms in total. The van der Waals surface area contributed by atoms with Gasteiger partial charge < -0.3 is 19.6 Å². The van der Waals surface area contributed by atoms with Gasteiger partial charge in [0.15, 0.2) is 17.0 Å². The van der Waals surface area contributed by atoms with Crippen molar-refractivity contribution in [3.63, 3.8) is 0 Å². The monoisotopic (exact) mass is 671 g/mol. The summed E-state index contributed by atoms with van der Waals surface area (Å²) in [7, 11) is 0. The minimum Gasteiger partial charge on any atom is -0.479 e. The van der Waals surface area contributed by atoms with Gasteiger partial charge in [-0.3, -0.25) is 4.98 Å². The summed E-state index contributed by atoms with van der Waals surface area (Å²) in [5, 5.41) is 10.6. The number of carboxylic acids is 1. The highest BCUT2D eigenvalue weighted by Crippen LogP contribution is 2.45. The summed E-state index contributed by atoms with van der Waals surface area (Å²) in [6, 6.07) is 7.17. The molecule has 0 radical (unpaired) electrons. The predicted molar refractivity (Wildman–Crippen MR) is 179 cm³/mol. The maximum Gasteiger partial charge on any atom is 0.433 e. The van der Waals surface area contributed by atoms with Crippen LogP contribution in [0.15, 0.2) is 29.4 Å². The van der Waals surface area contributed by atoms with Gasteiger partial charge in [0.1, 0.15) is 5.82 Å². The van der Waals surface area contributed by atoms with Crippen LogP contribution in [0.4, 0.5) is 24.7 Å². The van der Waals surface area contributed by atoms with E-state index in [4.69, 9.17) is 9.72 Å². The van der Waals surface area contributed by atoms with E-state index >= 15 is 0 Å². The van der Waals surface area contributed by atoms with Gasteiger partial charge in [-0.25, -0.2) is 14.8 Å². The van der Waals surface area contributed by atoms with Crippen molar-refractivity contribution >= 4 is 29.2 Å². The molecule has 5 rings (SSSR count). The first-order valence-electron chi connectivity index (χ1n) is 15.9. The van der Waals surface area contributed by atoms with Gasteiger partial charge in [-0.1, -0.05) is 43.8 Å². The van der Waals surface area contributed by atoms with E-state index in [0.29, 0.717) is 30.8 Å². The summed E-state index contributed by atoms with van der Waals surface area (Å²) in [5.41, 5.74) is 5.27. The van der Waals surface area contributed by atoms with E-state index in [-0.39, 0.29) is 16.4 Å². The number of carboxylic acid groups (broad SMARTS) is 1. The van der Waals surface area contributed by atoms with E-state index in [2.05, 4.69) is 34.8 Å². The van der Waals surface area contributed by atoms with E-state index in [0.717, 1.165) is 77.4 Å². The van der Waals surface area contributed by atoms with Gasteiger partial charge in [0.2, 0.25) is 0 Å². The Hall–Kier alpha value is -3.38. The number of aliphatic carboxylic acids is 1. The maximum absolute atomic E-state index is 13.6. The summed E-state index contributed by atoms with van der Waals surface area (Å²) in [5.74, 6) is -0.810. The van der Waals surface area contributed by atoms with Gasteiger partial charge in [0.05, 0.1) is 11.3 Å². The molecule has 4 heterocycles. The molecule has 12 heteroatoms. The second-order valence-corrected chi connectivity index (χ2v) is 15.0. The Bertz CT molecular complexity index is 1660. The molecular formula is C35H44F3N5O3S. The number of thioether (sulfide) groups is 1. The average molecular weight is 672 g/mol. The number of pyridine rings is 1. The number of ether oxygens (including phenoxy) is 1. The Labute approximate surface area is 279 Å². The minimum absolute atomic E-state index is 0.0813. The van der Waals surface area contributed by atoms with Crippen molar-refractivity contribution in [2.45, 2.75) is 97.3 Å². The first-order chi connectivity index (χ1) is 21.9. The summed E-state index contributed by atoms with van der Waals surface area (Å²) in [4.78, 5) is 29.9. The molecule has 1 fully saturated rings. The SMILES string of the molecule is CSc1nc(N2CCc3cc(-c4c(C)nc(C)c([C@H](OC(C)(C)C)C(=O)O)c4N4CCC(C)(C)CC4)ccc3C2)cc(C(F)(F)F)n1. The number of hydrogen-bond acceptors (Lipinski definition) is 8. The molecule has 3 aromatic rings. The van der Waals surface area contributed by atoms with Crippen LogP contribution in [0, 0.1) is 19.3 Å². The number of rotatable bonds is 7. The third-order valence-corrected chi connectivity index (χ3v) is 9.51. The molecule has 0 spiro atoms. The Morgan fingerprint density at radius 1 is 0.979 bits per heavy atom. The molecular weight excluding hydrogens is 627 g/mol. The molecule has 1 N–H and O–H groups in total. The molecule has 2 aliphatic rings. The molecule has 0 amide bonds. The molecule has 1 aromatic carbocycles. The van der Waals surface area contributed by atoms with Crippen LogP contribution in [-0.4, -0.2) is 57.5 Å². The Morgan fingerprint density at radius 2 is 1.66 bits per heavy atom. The second-order valence-electron chi connectivity index (χ2n) is 14.3. The van der Waals surface area contributed by atoms with Crippen molar-refractivity contribution in [2.75, 3.05) is 35.7 Å². The lowest BCUT2D eigenvalue weighted by atomic mass is 9.81. The minimum atomic E-state index is -4.57. The largest absolute Gasteiger partial charge is 0.479 e. The Kier molecular flexibility index (Phi) is 9.60. The van der Waals surface area contributed by atoms with E-state index < -0.39 is 29.5 Å². The van der Waals surface area contributed by atoms with Crippen LogP contribution in [0.5, 0.6) is 0 Å². The number of carbonyl (C=O) groups is 1. The highest BCUT2D eigenvalue weighted by molar-refractivity contribution is 7.98. The van der Waals surface area contributed by atoms with E-state index in [9.17, 15) is 23.1 Å². The smallest absolute Gasteiger partial charge is 0.433 e. The first kappa shape index (κ1) is 34.9. The number of hydrogen-bond donors (Lipinski definition) is 1. The molecule has 0 bridgehead atoms. The fourth-order valence-electron chi connectivity index (χ4n) is 6.47. The van der Waals surface area contributed by atoms with Crippen LogP contribution in [0.1, 0.15) is 87.3 Å². The first-order valence-corrected chi connectivity index (χ1v) is 17.1. The van der Waals surface area contributed by atoms with Gasteiger partial charge in [-0.05, 0) is 82.2 Å². The van der Waals surface area contributed by atoms with Crippen molar-refractivity contribution in [3.05, 3.63) is 58.0 Å². The van der Waals surface area contributed by atoms with Crippen LogP contribution in [-0.2, 0) is 28.7 Å². The summed E-state index contributed by atoms with van der Waals surface area (Å²) in [6.07, 6.45) is -1.59. The van der Waals surface area contributed by atoms with Gasteiger partial charge >= 0.3 is 12.1 Å². The molecule has 1 saturated heterocycles. The van der Waals surface area contributed by atoms with Crippen molar-refractivity contribution in [1.29, 1.82) is 0 Å². The van der Waals surface area contributed by atoms with Gasteiger partial charge in [0, 0.05) is 54.8 Å². The predicted octanol–water partition coefficient (Wildman–Crippen LogP) is 8.03. The zero-order chi connectivity index (χ0) is 34.5. The number of piperidine rings is 1. The zero-order valence-corrected chi connectivity index (χ0v) is 29.2. The number of fused-ring (bicyclic) bond motifs is 1. The summed E-state index contributed by atoms with van der Waals surface area (Å²) in [6.45, 7) is 16.3. The van der Waals surface area contributed by atoms with Gasteiger partial charge in [-0.2, -0.15) is 13.2 Å². The van der Waals surface area contributed by atoms with Crippen LogP contribution in [0.2, 0.25) is 0 Å². The lowest BCUT2D eigenvalue weighted by molar-refractivity contribution is -0.160. The lowest BCUT2D eigenvalue weighted by Gasteiger charge is -2.41. The number of nitrogens with zero attached hydrogens (tertiary/aromatic N) is 5. The summed E-state index contributed by atoms with van der Waals surface area (Å²) >= 11 is 1.08. The standard InChI is InChI=1S/C35H44F3N5O3S/c1-20-27(29(42-15-12-34(6,7)13-16-42)28(21(2)39-20)30(31(44)45)46-33(3,4)5)23-9-10-24-19-43(14-11-22(24)17-23)26-18-25(35(36,37)38)40-32(41-26)47-8/h9-10,17-18,30H,11-16,19H2,1-8H3,(H,44,45)/t30-/m0/s1. The van der Waals surface area contributed by atoms with E-state index in [1.807, 2.05) is 51.7 Å². The fourth-order valence-corrected chi connectivity index (χ4v) is 6.84. The van der Waals surface area contributed by atoms with E-state index in [1.54, 1.807) is 6.26 Å². The molecule has 0 unspecified atom stereocenters. The Balaban J connectivity index is 1.59. The second kappa shape index (κ2) is 12.9. The molecule has 1 atom stereocenters. The van der Waals surface area contributed by atoms with Crippen molar-refractivity contribution < 1.29 is 27.8 Å². The third-order valence-electron chi connectivity index (χ3n) is 8.97. The van der Waals surface area contributed by atoms with Crippen molar-refractivity contribution in [2.24, 2.45) is 5.41 Å². The van der Waals surface area contributed by atoms with Crippen LogP contribution in [0.3, 0.4) is 0 Å². The normalized spacial score (nSPS) is 17.4. The molecule has 2 aliphatic heterocycles. The van der Waals surface area contributed by atoms with Gasteiger partial charge in [0.25, 0.3) is 0 Å². The molecule has 254 valence electrons. The molecule has 47 heavy (non-hydrogen) atoms. The number of benzene rings is 1. The summed E-state index contributed by atoms with van der Waals surface area (Å²) < 4.78 is 47.0. The quantitative estimate of drug-likeness (QED) is 0.198. The highest BCUT2D eigenvalue weighted by atomic mass is 32.2. The van der Waals surface area contributed by atoms with Crippen LogP contribution in [0.25, 0.3) is 11.1 Å².